The zero-order valence-electron chi connectivity index (χ0n) is 10.5. The summed E-state index contributed by atoms with van der Waals surface area (Å²) in [5.74, 6) is 0. The number of rotatable bonds is 4. The van der Waals surface area contributed by atoms with E-state index < -0.39 is 10.0 Å². The molecular formula is C14H14FNO2S. The molecule has 2 aromatic rings. The average Bonchev–Trinajstić information content (AvgIpc) is 2.47. The van der Waals surface area contributed by atoms with Crippen molar-refractivity contribution >= 4 is 15.7 Å². The summed E-state index contributed by atoms with van der Waals surface area (Å²) in [5.41, 5.74) is 0.992. The first-order valence-electron chi connectivity index (χ1n) is 5.91. The minimum Gasteiger partial charge on any atom is -0.199 e. The van der Waals surface area contributed by atoms with Crippen LogP contribution >= 0.6 is 0 Å². The van der Waals surface area contributed by atoms with Gasteiger partial charge in [0, 0.05) is 0 Å². The van der Waals surface area contributed by atoms with E-state index in [0.717, 1.165) is 12.0 Å². The maximum absolute atomic E-state index is 14.0. The Kier molecular flexibility index (Phi) is 3.85. The van der Waals surface area contributed by atoms with Crippen LogP contribution in [0.3, 0.4) is 0 Å². The lowest BCUT2D eigenvalue weighted by Gasteiger charge is -2.14. The molecule has 0 unspecified atom stereocenters. The summed E-state index contributed by atoms with van der Waals surface area (Å²) in [4.78, 5) is -0.0592. The van der Waals surface area contributed by atoms with E-state index in [4.69, 9.17) is 0 Å². The van der Waals surface area contributed by atoms with E-state index in [9.17, 15) is 12.9 Å². The second-order valence-electron chi connectivity index (χ2n) is 4.05. The van der Waals surface area contributed by atoms with Crippen LogP contribution in [-0.4, -0.2) is 8.42 Å². The summed E-state index contributed by atoms with van der Waals surface area (Å²) >= 11 is 0. The largest absolute Gasteiger partial charge is 0.290 e. The Morgan fingerprint density at radius 1 is 1.00 bits per heavy atom. The number of halogens is 1. The first kappa shape index (κ1) is 13.5. The van der Waals surface area contributed by atoms with Crippen LogP contribution < -0.4 is 4.53 Å². The fourth-order valence-electron chi connectivity index (χ4n) is 1.67. The first-order chi connectivity index (χ1) is 9.05. The molecule has 100 valence electrons. The van der Waals surface area contributed by atoms with Gasteiger partial charge in [-0.25, -0.2) is 0 Å². The van der Waals surface area contributed by atoms with Gasteiger partial charge in [0.15, 0.2) is 0 Å². The molecule has 0 aliphatic rings. The van der Waals surface area contributed by atoms with Crippen LogP contribution in [0, 0.1) is 0 Å². The van der Waals surface area contributed by atoms with Crippen molar-refractivity contribution in [1.29, 1.82) is 0 Å². The molecule has 0 aliphatic heterocycles. The lowest BCUT2D eigenvalue weighted by Crippen LogP contribution is -2.22. The minimum absolute atomic E-state index is 0.0120. The first-order valence-corrected chi connectivity index (χ1v) is 7.35. The maximum atomic E-state index is 14.0. The lowest BCUT2D eigenvalue weighted by atomic mass is 10.2. The van der Waals surface area contributed by atoms with Gasteiger partial charge in [-0.2, -0.15) is 8.42 Å². The summed E-state index contributed by atoms with van der Waals surface area (Å²) in [6.07, 6.45) is 0.804. The Balaban J connectivity index is 2.36. The standard InChI is InChI=1S/C14H14FNO2S/c1-2-12-8-10-14(11-9-12)19(17,18)16(15)13-6-4-3-5-7-13/h3-11H,2H2,1H3. The quantitative estimate of drug-likeness (QED) is 0.805. The van der Waals surface area contributed by atoms with E-state index in [1.807, 2.05) is 6.92 Å². The normalized spacial score (nSPS) is 11.3. The molecule has 5 heteroatoms. The predicted octanol–water partition coefficient (Wildman–Crippen LogP) is 3.33. The highest BCUT2D eigenvalue weighted by molar-refractivity contribution is 7.92. The third kappa shape index (κ3) is 2.76. The third-order valence-electron chi connectivity index (χ3n) is 2.80. The molecule has 2 aromatic carbocycles. The van der Waals surface area contributed by atoms with E-state index in [1.54, 1.807) is 30.3 Å². The van der Waals surface area contributed by atoms with Crippen molar-refractivity contribution in [3.63, 3.8) is 0 Å². The van der Waals surface area contributed by atoms with Crippen molar-refractivity contribution in [3.05, 3.63) is 60.2 Å². The predicted molar refractivity (Wildman–Crippen MR) is 73.0 cm³/mol. The molecule has 0 radical (unpaired) electrons. The molecule has 0 fully saturated rings. The van der Waals surface area contributed by atoms with Gasteiger partial charge in [0.05, 0.1) is 10.6 Å². The maximum Gasteiger partial charge on any atom is 0.290 e. The number of hydrogen-bond donors (Lipinski definition) is 0. The van der Waals surface area contributed by atoms with Crippen molar-refractivity contribution in [2.45, 2.75) is 18.2 Å². The van der Waals surface area contributed by atoms with Gasteiger partial charge < -0.3 is 0 Å². The Labute approximate surface area is 112 Å². The Bertz CT molecular complexity index is 639. The SMILES string of the molecule is CCc1ccc(S(=O)(=O)N(F)c2ccccc2)cc1. The van der Waals surface area contributed by atoms with Gasteiger partial charge in [0.1, 0.15) is 0 Å². The monoisotopic (exact) mass is 279 g/mol. The van der Waals surface area contributed by atoms with E-state index >= 15 is 0 Å². The van der Waals surface area contributed by atoms with E-state index in [2.05, 4.69) is 0 Å². The fourth-order valence-corrected chi connectivity index (χ4v) is 2.74. The van der Waals surface area contributed by atoms with E-state index in [-0.39, 0.29) is 15.1 Å². The molecular weight excluding hydrogens is 265 g/mol. The number of anilines is 1. The molecule has 0 saturated heterocycles. The molecule has 0 N–H and O–H groups in total. The number of nitrogens with zero attached hydrogens (tertiary/aromatic N) is 1. The van der Waals surface area contributed by atoms with Crippen LogP contribution in [0.1, 0.15) is 12.5 Å². The Morgan fingerprint density at radius 3 is 2.11 bits per heavy atom. The van der Waals surface area contributed by atoms with Gasteiger partial charge in [-0.15, -0.1) is 0 Å². The summed E-state index contributed by atoms with van der Waals surface area (Å²) in [5, 5.41) is 0. The topological polar surface area (TPSA) is 37.4 Å². The molecule has 0 heterocycles. The van der Waals surface area contributed by atoms with Gasteiger partial charge in [-0.3, -0.25) is 0 Å². The van der Waals surface area contributed by atoms with Crippen molar-refractivity contribution in [3.8, 4) is 0 Å². The van der Waals surface area contributed by atoms with Crippen LogP contribution in [0.15, 0.2) is 59.5 Å². The molecule has 0 aliphatic carbocycles. The summed E-state index contributed by atoms with van der Waals surface area (Å²) in [6.45, 7) is 1.97. The summed E-state index contributed by atoms with van der Waals surface area (Å²) < 4.78 is 38.0. The third-order valence-corrected chi connectivity index (χ3v) is 4.30. The second kappa shape index (κ2) is 5.40. The molecule has 0 spiro atoms. The molecule has 0 bridgehead atoms. The van der Waals surface area contributed by atoms with Crippen molar-refractivity contribution in [2.24, 2.45) is 0 Å². The smallest absolute Gasteiger partial charge is 0.199 e. The van der Waals surface area contributed by atoms with Crippen LogP contribution in [-0.2, 0) is 16.4 Å². The van der Waals surface area contributed by atoms with Crippen LogP contribution in [0.2, 0.25) is 0 Å². The molecule has 3 nitrogen and oxygen atoms in total. The second-order valence-corrected chi connectivity index (χ2v) is 5.80. The Hall–Kier alpha value is -1.88. The number of para-hydroxylation sites is 1. The molecule has 0 amide bonds. The highest BCUT2D eigenvalue weighted by Crippen LogP contribution is 2.23. The van der Waals surface area contributed by atoms with Gasteiger partial charge in [0.25, 0.3) is 10.0 Å². The Morgan fingerprint density at radius 2 is 1.58 bits per heavy atom. The number of benzene rings is 2. The molecule has 0 aromatic heterocycles. The van der Waals surface area contributed by atoms with Crippen LogP contribution in [0.4, 0.5) is 10.2 Å². The van der Waals surface area contributed by atoms with Gasteiger partial charge in [0.2, 0.25) is 0 Å². The van der Waals surface area contributed by atoms with Crippen LogP contribution in [0.25, 0.3) is 0 Å². The average molecular weight is 279 g/mol. The van der Waals surface area contributed by atoms with Crippen molar-refractivity contribution in [1.82, 2.24) is 0 Å². The van der Waals surface area contributed by atoms with E-state index in [1.165, 1.54) is 24.3 Å². The zero-order valence-corrected chi connectivity index (χ0v) is 11.3. The zero-order chi connectivity index (χ0) is 13.9. The fraction of sp³-hybridized carbons (Fsp3) is 0.143. The van der Waals surface area contributed by atoms with Crippen LogP contribution in [0.5, 0.6) is 0 Å². The van der Waals surface area contributed by atoms with E-state index in [0.29, 0.717) is 0 Å². The number of hydrogen-bond acceptors (Lipinski definition) is 2. The van der Waals surface area contributed by atoms with Gasteiger partial charge in [-0.05, 0) is 36.2 Å². The molecule has 2 rings (SSSR count). The van der Waals surface area contributed by atoms with Crippen molar-refractivity contribution in [2.75, 3.05) is 4.53 Å². The number of sulfonamides is 1. The highest BCUT2D eigenvalue weighted by Gasteiger charge is 2.24. The molecule has 19 heavy (non-hydrogen) atoms. The lowest BCUT2D eigenvalue weighted by molar-refractivity contribution is 0.495. The minimum atomic E-state index is -4.15. The molecule has 0 atom stereocenters. The summed E-state index contributed by atoms with van der Waals surface area (Å²) in [6, 6.07) is 13.9. The molecule has 0 saturated carbocycles. The van der Waals surface area contributed by atoms with Gasteiger partial charge in [-0.1, -0.05) is 46.3 Å². The van der Waals surface area contributed by atoms with Gasteiger partial charge >= 0.3 is 0 Å². The summed E-state index contributed by atoms with van der Waals surface area (Å²) in [7, 11) is -4.15. The van der Waals surface area contributed by atoms with Crippen molar-refractivity contribution < 1.29 is 12.9 Å². The highest BCUT2D eigenvalue weighted by atomic mass is 32.2. The number of aryl methyl sites for hydroxylation is 1.